The Morgan fingerprint density at radius 3 is 1.77 bits per heavy atom. The van der Waals surface area contributed by atoms with Gasteiger partial charge in [-0.25, -0.2) is 0 Å². The fraction of sp³-hybridized carbons (Fsp3) is 0.857. The summed E-state index contributed by atoms with van der Waals surface area (Å²) >= 11 is 0. The van der Waals surface area contributed by atoms with Gasteiger partial charge in [0.25, 0.3) is 10.1 Å². The Bertz CT molecular complexity index is 544. The molecule has 2 atom stereocenters. The molecule has 0 aromatic carbocycles. The van der Waals surface area contributed by atoms with Crippen LogP contribution in [0.4, 0.5) is 0 Å². The van der Waals surface area contributed by atoms with E-state index in [4.69, 9.17) is 0 Å². The van der Waals surface area contributed by atoms with Crippen molar-refractivity contribution < 1.29 is 32.8 Å². The summed E-state index contributed by atoms with van der Waals surface area (Å²) < 4.78 is 31.3. The molecule has 0 amide bonds. The van der Waals surface area contributed by atoms with Crippen LogP contribution in [-0.2, 0) is 19.7 Å². The first-order valence-corrected chi connectivity index (χ1v) is 9.10. The molecule has 3 N–H and O–H groups in total. The van der Waals surface area contributed by atoms with E-state index < -0.39 is 44.6 Å². The Labute approximate surface area is 129 Å². The van der Waals surface area contributed by atoms with E-state index in [0.29, 0.717) is 38.5 Å². The van der Waals surface area contributed by atoms with Gasteiger partial charge in [-0.2, -0.15) is 8.42 Å². The van der Waals surface area contributed by atoms with Crippen LogP contribution in [0.2, 0.25) is 0 Å². The molecule has 2 unspecified atom stereocenters. The van der Waals surface area contributed by atoms with Gasteiger partial charge < -0.3 is 10.2 Å². The number of hydrogen-bond acceptors (Lipinski definition) is 4. The maximum Gasteiger partial charge on any atom is 0.328 e. The molecule has 126 valence electrons. The van der Waals surface area contributed by atoms with Gasteiger partial charge in [-0.15, -0.1) is 0 Å². The fourth-order valence-electron chi connectivity index (χ4n) is 4.42. The minimum absolute atomic E-state index is 0.308. The van der Waals surface area contributed by atoms with E-state index in [9.17, 15) is 32.8 Å². The minimum Gasteiger partial charge on any atom is -0.481 e. The van der Waals surface area contributed by atoms with Gasteiger partial charge in [-0.05, 0) is 37.5 Å². The summed E-state index contributed by atoms with van der Waals surface area (Å²) in [6, 6.07) is 0. The van der Waals surface area contributed by atoms with Crippen molar-refractivity contribution in [1.82, 2.24) is 0 Å². The number of carbonyl (C=O) groups is 2. The van der Waals surface area contributed by atoms with Crippen molar-refractivity contribution in [3.05, 3.63) is 0 Å². The van der Waals surface area contributed by atoms with Crippen molar-refractivity contribution in [2.45, 2.75) is 56.1 Å². The van der Waals surface area contributed by atoms with Gasteiger partial charge in [0, 0.05) is 0 Å². The highest BCUT2D eigenvalue weighted by molar-refractivity contribution is 7.88. The Kier molecular flexibility index (Phi) is 4.81. The van der Waals surface area contributed by atoms with Gasteiger partial charge in [-0.3, -0.25) is 14.1 Å². The highest BCUT2D eigenvalue weighted by Gasteiger charge is 2.66. The summed E-state index contributed by atoms with van der Waals surface area (Å²) in [6.07, 6.45) is 4.37. The van der Waals surface area contributed by atoms with E-state index in [-0.39, 0.29) is 0 Å². The van der Waals surface area contributed by atoms with Gasteiger partial charge in [0.05, 0.1) is 5.92 Å². The lowest BCUT2D eigenvalue weighted by atomic mass is 9.72. The van der Waals surface area contributed by atoms with E-state index >= 15 is 0 Å². The average Bonchev–Trinajstić information content (AvgIpc) is 3.06. The molecule has 7 nitrogen and oxygen atoms in total. The van der Waals surface area contributed by atoms with Crippen LogP contribution in [0.3, 0.4) is 0 Å². The first-order chi connectivity index (χ1) is 10.2. The van der Waals surface area contributed by atoms with Gasteiger partial charge in [0.15, 0.2) is 0 Å². The maximum atomic E-state index is 12.1. The van der Waals surface area contributed by atoms with Gasteiger partial charge in [0.1, 0.15) is 0 Å². The molecule has 2 aliphatic rings. The first kappa shape index (κ1) is 17.2. The Hall–Kier alpha value is -1.15. The lowest BCUT2D eigenvalue weighted by Gasteiger charge is -2.39. The van der Waals surface area contributed by atoms with Crippen LogP contribution in [0.25, 0.3) is 0 Å². The third-order valence-electron chi connectivity index (χ3n) is 5.32. The van der Waals surface area contributed by atoms with Gasteiger partial charge >= 0.3 is 11.9 Å². The second-order valence-corrected chi connectivity index (χ2v) is 8.04. The standard InChI is InChI=1S/C14H22O7S/c15-12(16)11(9-5-1-2-6-9)14(13(17)18,22(19,20)21)10-7-3-4-8-10/h9-11H,1-8H2,(H,15,16)(H,17,18)(H,19,20,21). The number of hydrogen-bond donors (Lipinski definition) is 3. The molecule has 2 fully saturated rings. The van der Waals surface area contributed by atoms with Crippen molar-refractivity contribution in [1.29, 1.82) is 0 Å². The lowest BCUT2D eigenvalue weighted by Crippen LogP contribution is -2.61. The highest BCUT2D eigenvalue weighted by atomic mass is 32.2. The van der Waals surface area contributed by atoms with Crippen molar-refractivity contribution in [3.63, 3.8) is 0 Å². The van der Waals surface area contributed by atoms with E-state index in [1.807, 2.05) is 0 Å². The van der Waals surface area contributed by atoms with Gasteiger partial charge in [0.2, 0.25) is 4.75 Å². The summed E-state index contributed by atoms with van der Waals surface area (Å²) in [6.45, 7) is 0. The summed E-state index contributed by atoms with van der Waals surface area (Å²) in [4.78, 5) is 23.8. The molecule has 0 heterocycles. The summed E-state index contributed by atoms with van der Waals surface area (Å²) in [5, 5.41) is 19.3. The van der Waals surface area contributed by atoms with Crippen molar-refractivity contribution in [3.8, 4) is 0 Å². The monoisotopic (exact) mass is 334 g/mol. The van der Waals surface area contributed by atoms with Gasteiger partial charge in [-0.1, -0.05) is 25.7 Å². The molecule has 0 saturated heterocycles. The summed E-state index contributed by atoms with van der Waals surface area (Å²) in [7, 11) is -5.07. The van der Waals surface area contributed by atoms with E-state index in [1.54, 1.807) is 0 Å². The van der Waals surface area contributed by atoms with E-state index in [2.05, 4.69) is 0 Å². The molecule has 0 radical (unpaired) electrons. The SMILES string of the molecule is O=C(O)C(C1CCCC1)C(C(=O)O)(C1CCCC1)S(=O)(=O)O. The second-order valence-electron chi connectivity index (χ2n) is 6.42. The van der Waals surface area contributed by atoms with Crippen LogP contribution in [0.5, 0.6) is 0 Å². The summed E-state index contributed by atoms with van der Waals surface area (Å²) in [5.74, 6) is -6.18. The smallest absolute Gasteiger partial charge is 0.328 e. The van der Waals surface area contributed by atoms with Crippen molar-refractivity contribution in [2.24, 2.45) is 17.8 Å². The molecule has 0 spiro atoms. The quantitative estimate of drug-likeness (QED) is 0.631. The van der Waals surface area contributed by atoms with Crippen LogP contribution in [-0.4, -0.2) is 39.9 Å². The zero-order chi connectivity index (χ0) is 16.5. The molecule has 2 rings (SSSR count). The van der Waals surface area contributed by atoms with Crippen LogP contribution >= 0.6 is 0 Å². The van der Waals surface area contributed by atoms with Crippen LogP contribution in [0.1, 0.15) is 51.4 Å². The Morgan fingerprint density at radius 2 is 1.41 bits per heavy atom. The zero-order valence-electron chi connectivity index (χ0n) is 12.3. The molecular formula is C14H22O7S. The predicted octanol–water partition coefficient (Wildman–Crippen LogP) is 1.78. The molecule has 2 aliphatic carbocycles. The Morgan fingerprint density at radius 1 is 0.955 bits per heavy atom. The number of rotatable bonds is 6. The maximum absolute atomic E-state index is 12.1. The second kappa shape index (κ2) is 6.16. The van der Waals surface area contributed by atoms with Crippen LogP contribution in [0.15, 0.2) is 0 Å². The van der Waals surface area contributed by atoms with Crippen LogP contribution < -0.4 is 0 Å². The van der Waals surface area contributed by atoms with Crippen molar-refractivity contribution >= 4 is 22.1 Å². The normalized spacial score (nSPS) is 25.0. The minimum atomic E-state index is -5.07. The van der Waals surface area contributed by atoms with Crippen LogP contribution in [0, 0.1) is 17.8 Å². The largest absolute Gasteiger partial charge is 0.481 e. The molecule has 0 aromatic heterocycles. The molecule has 0 bridgehead atoms. The third-order valence-corrected chi connectivity index (χ3v) is 6.94. The molecule has 8 heteroatoms. The number of carboxylic acid groups (broad SMARTS) is 2. The highest BCUT2D eigenvalue weighted by Crippen LogP contribution is 2.49. The lowest BCUT2D eigenvalue weighted by molar-refractivity contribution is -0.156. The molecule has 0 aromatic rings. The van der Waals surface area contributed by atoms with E-state index in [0.717, 1.165) is 12.8 Å². The number of carboxylic acids is 2. The fourth-order valence-corrected chi connectivity index (χ4v) is 5.92. The summed E-state index contributed by atoms with van der Waals surface area (Å²) in [5.41, 5.74) is 0. The average molecular weight is 334 g/mol. The Balaban J connectivity index is 2.62. The molecule has 0 aliphatic heterocycles. The number of aliphatic carboxylic acids is 2. The third kappa shape index (κ3) is 2.62. The molecule has 22 heavy (non-hydrogen) atoms. The van der Waals surface area contributed by atoms with E-state index in [1.165, 1.54) is 0 Å². The molecular weight excluding hydrogens is 312 g/mol. The predicted molar refractivity (Wildman–Crippen MR) is 77.0 cm³/mol. The molecule has 2 saturated carbocycles. The van der Waals surface area contributed by atoms with Crippen molar-refractivity contribution in [2.75, 3.05) is 0 Å². The topological polar surface area (TPSA) is 129 Å². The zero-order valence-corrected chi connectivity index (χ0v) is 13.1. The first-order valence-electron chi connectivity index (χ1n) is 7.66.